The van der Waals surface area contributed by atoms with Crippen LogP contribution in [0.4, 0.5) is 5.69 Å². The predicted molar refractivity (Wildman–Crippen MR) is 89.2 cm³/mol. The third-order valence-electron chi connectivity index (χ3n) is 4.37. The zero-order chi connectivity index (χ0) is 15.5. The van der Waals surface area contributed by atoms with Crippen LogP contribution in [-0.2, 0) is 17.8 Å². The number of fused-ring (bicyclic) bond motifs is 1. The Hall–Kier alpha value is -1.84. The van der Waals surface area contributed by atoms with Crippen LogP contribution >= 0.6 is 11.6 Å². The molecule has 0 fully saturated rings. The molecular formula is C18H20ClN2O+. The average Bonchev–Trinajstić information content (AvgIpc) is 2.55. The van der Waals surface area contributed by atoms with E-state index >= 15 is 0 Å². The van der Waals surface area contributed by atoms with Gasteiger partial charge in [0.2, 0.25) is 0 Å². The third-order valence-corrected chi connectivity index (χ3v) is 4.62. The summed E-state index contributed by atoms with van der Waals surface area (Å²) in [5.74, 6) is 0.0525. The Bertz CT molecular complexity index is 669. The fourth-order valence-corrected chi connectivity index (χ4v) is 3.07. The van der Waals surface area contributed by atoms with Crippen molar-refractivity contribution in [2.45, 2.75) is 25.9 Å². The van der Waals surface area contributed by atoms with Crippen molar-refractivity contribution in [1.29, 1.82) is 0 Å². The van der Waals surface area contributed by atoms with Crippen LogP contribution in [0.3, 0.4) is 0 Å². The number of rotatable bonds is 3. The van der Waals surface area contributed by atoms with Crippen LogP contribution in [0.5, 0.6) is 0 Å². The second-order valence-corrected chi connectivity index (χ2v) is 6.26. The number of amides is 1. The maximum absolute atomic E-state index is 12.4. The van der Waals surface area contributed by atoms with Crippen molar-refractivity contribution in [1.82, 2.24) is 0 Å². The van der Waals surface area contributed by atoms with Gasteiger partial charge < -0.3 is 10.2 Å². The Morgan fingerprint density at radius 3 is 2.55 bits per heavy atom. The molecule has 114 valence electrons. The first-order chi connectivity index (χ1) is 10.6. The molecule has 0 saturated heterocycles. The lowest BCUT2D eigenvalue weighted by atomic mass is 9.99. The Morgan fingerprint density at radius 1 is 1.14 bits per heavy atom. The highest BCUT2D eigenvalue weighted by molar-refractivity contribution is 6.30. The molecule has 0 spiro atoms. The molecule has 3 rings (SSSR count). The summed E-state index contributed by atoms with van der Waals surface area (Å²) >= 11 is 5.86. The molecule has 1 unspecified atom stereocenters. The highest BCUT2D eigenvalue weighted by atomic mass is 35.5. The number of hydrogen-bond acceptors (Lipinski definition) is 1. The monoisotopic (exact) mass is 315 g/mol. The zero-order valence-corrected chi connectivity index (χ0v) is 13.4. The van der Waals surface area contributed by atoms with Crippen molar-refractivity contribution in [3.05, 3.63) is 64.7 Å². The number of halogens is 1. The number of anilines is 1. The largest absolute Gasteiger partial charge is 0.321 e. The van der Waals surface area contributed by atoms with Crippen molar-refractivity contribution in [2.24, 2.45) is 0 Å². The van der Waals surface area contributed by atoms with Gasteiger partial charge >= 0.3 is 0 Å². The fourth-order valence-electron chi connectivity index (χ4n) is 2.94. The molecule has 3 nitrogen and oxygen atoms in total. The van der Waals surface area contributed by atoms with E-state index in [1.807, 2.05) is 19.1 Å². The summed E-state index contributed by atoms with van der Waals surface area (Å²) in [6.07, 6.45) is 1.03. The van der Waals surface area contributed by atoms with E-state index in [2.05, 4.69) is 29.6 Å². The van der Waals surface area contributed by atoms with E-state index in [4.69, 9.17) is 11.6 Å². The first-order valence-electron chi connectivity index (χ1n) is 7.61. The summed E-state index contributed by atoms with van der Waals surface area (Å²) < 4.78 is 0. The quantitative estimate of drug-likeness (QED) is 0.895. The smallest absolute Gasteiger partial charge is 0.282 e. The van der Waals surface area contributed by atoms with Crippen LogP contribution in [0.25, 0.3) is 0 Å². The van der Waals surface area contributed by atoms with Crippen LogP contribution in [0.1, 0.15) is 18.1 Å². The molecule has 2 atom stereocenters. The van der Waals surface area contributed by atoms with Gasteiger partial charge in [-0.2, -0.15) is 0 Å². The van der Waals surface area contributed by atoms with Gasteiger partial charge in [-0.3, -0.25) is 4.79 Å². The molecule has 0 aliphatic carbocycles. The number of benzene rings is 2. The standard InChI is InChI=1S/C18H19ClN2O/c1-13(18(22)20-17-8-6-16(19)7-9-17)21-11-10-14-4-2-3-5-15(14)12-21/h2-9,13H,10-12H2,1H3,(H,20,22)/p+1/t13-/m0/s1. The average molecular weight is 316 g/mol. The summed E-state index contributed by atoms with van der Waals surface area (Å²) in [6.45, 7) is 3.89. The molecule has 0 bridgehead atoms. The second kappa shape index (κ2) is 6.51. The Morgan fingerprint density at radius 2 is 1.82 bits per heavy atom. The van der Waals surface area contributed by atoms with Gasteiger partial charge in [0.15, 0.2) is 6.04 Å². The molecule has 1 aliphatic heterocycles. The van der Waals surface area contributed by atoms with E-state index in [1.54, 1.807) is 12.1 Å². The topological polar surface area (TPSA) is 33.5 Å². The highest BCUT2D eigenvalue weighted by Crippen LogP contribution is 2.14. The Balaban J connectivity index is 1.65. The molecule has 0 aromatic heterocycles. The van der Waals surface area contributed by atoms with E-state index in [0.717, 1.165) is 25.2 Å². The van der Waals surface area contributed by atoms with Gasteiger partial charge in [-0.15, -0.1) is 0 Å². The summed E-state index contributed by atoms with van der Waals surface area (Å²) in [7, 11) is 0. The van der Waals surface area contributed by atoms with Crippen molar-refractivity contribution < 1.29 is 9.69 Å². The lowest BCUT2D eigenvalue weighted by Gasteiger charge is -2.30. The summed E-state index contributed by atoms with van der Waals surface area (Å²) in [4.78, 5) is 13.8. The predicted octanol–water partition coefficient (Wildman–Crippen LogP) is 2.31. The van der Waals surface area contributed by atoms with E-state index < -0.39 is 0 Å². The van der Waals surface area contributed by atoms with Crippen molar-refractivity contribution in [3.8, 4) is 0 Å². The lowest BCUT2D eigenvalue weighted by Crippen LogP contribution is -3.16. The van der Waals surface area contributed by atoms with Crippen LogP contribution in [0.15, 0.2) is 48.5 Å². The van der Waals surface area contributed by atoms with Crippen molar-refractivity contribution >= 4 is 23.2 Å². The summed E-state index contributed by atoms with van der Waals surface area (Å²) in [6, 6.07) is 15.6. The van der Waals surface area contributed by atoms with Gasteiger partial charge in [-0.05, 0) is 36.8 Å². The normalized spacial score (nSPS) is 18.4. The van der Waals surface area contributed by atoms with Crippen LogP contribution in [-0.4, -0.2) is 18.5 Å². The van der Waals surface area contributed by atoms with Crippen LogP contribution < -0.4 is 10.2 Å². The second-order valence-electron chi connectivity index (χ2n) is 5.82. The molecule has 0 saturated carbocycles. The number of nitrogens with one attached hydrogen (secondary N) is 2. The van der Waals surface area contributed by atoms with E-state index in [1.165, 1.54) is 16.0 Å². The van der Waals surface area contributed by atoms with Gasteiger partial charge in [0.25, 0.3) is 5.91 Å². The highest BCUT2D eigenvalue weighted by Gasteiger charge is 2.28. The molecule has 2 aromatic rings. The number of hydrogen-bond donors (Lipinski definition) is 2. The van der Waals surface area contributed by atoms with Gasteiger partial charge in [-0.25, -0.2) is 0 Å². The minimum atomic E-state index is -0.0796. The van der Waals surface area contributed by atoms with Crippen molar-refractivity contribution in [3.63, 3.8) is 0 Å². The molecule has 1 heterocycles. The van der Waals surface area contributed by atoms with Gasteiger partial charge in [0.1, 0.15) is 6.54 Å². The van der Waals surface area contributed by atoms with Crippen molar-refractivity contribution in [2.75, 3.05) is 11.9 Å². The molecule has 0 radical (unpaired) electrons. The molecule has 2 N–H and O–H groups in total. The summed E-state index contributed by atoms with van der Waals surface area (Å²) in [5, 5.41) is 3.64. The Labute approximate surface area is 135 Å². The van der Waals surface area contributed by atoms with E-state index in [9.17, 15) is 4.79 Å². The minimum absolute atomic E-state index is 0.0525. The first kappa shape index (κ1) is 15.1. The summed E-state index contributed by atoms with van der Waals surface area (Å²) in [5.41, 5.74) is 3.56. The number of carbonyl (C=O) groups is 1. The van der Waals surface area contributed by atoms with Crippen LogP contribution in [0.2, 0.25) is 5.02 Å². The van der Waals surface area contributed by atoms with Crippen LogP contribution in [0, 0.1) is 0 Å². The molecule has 1 amide bonds. The van der Waals surface area contributed by atoms with Gasteiger partial charge in [0.05, 0.1) is 6.54 Å². The number of quaternary nitrogens is 1. The number of carbonyl (C=O) groups excluding carboxylic acids is 1. The van der Waals surface area contributed by atoms with Gasteiger partial charge in [0, 0.05) is 22.7 Å². The maximum Gasteiger partial charge on any atom is 0.282 e. The molecule has 4 heteroatoms. The van der Waals surface area contributed by atoms with Gasteiger partial charge in [-0.1, -0.05) is 35.9 Å². The molecule has 1 aliphatic rings. The zero-order valence-electron chi connectivity index (χ0n) is 12.6. The fraction of sp³-hybridized carbons (Fsp3) is 0.278. The molecule has 2 aromatic carbocycles. The maximum atomic E-state index is 12.4. The molecular weight excluding hydrogens is 296 g/mol. The lowest BCUT2D eigenvalue weighted by molar-refractivity contribution is -0.929. The third kappa shape index (κ3) is 3.32. The van der Waals surface area contributed by atoms with E-state index in [0.29, 0.717) is 5.02 Å². The SMILES string of the molecule is C[C@@H](C(=O)Nc1ccc(Cl)cc1)[NH+]1CCc2ccccc2C1. The minimum Gasteiger partial charge on any atom is -0.321 e. The van der Waals surface area contributed by atoms with E-state index in [-0.39, 0.29) is 11.9 Å². The molecule has 22 heavy (non-hydrogen) atoms. The first-order valence-corrected chi connectivity index (χ1v) is 7.99. The Kier molecular flexibility index (Phi) is 4.46.